The number of rotatable bonds is 6. The van der Waals surface area contributed by atoms with Crippen molar-refractivity contribution >= 4 is 17.1 Å². The Morgan fingerprint density at radius 1 is 0.426 bits per heavy atom. The number of fused-ring (bicyclic) bond motifs is 8. The summed E-state index contributed by atoms with van der Waals surface area (Å²) in [6, 6.07) is 65.4. The molecule has 264 valence electrons. The lowest BCUT2D eigenvalue weighted by Crippen LogP contribution is -2.49. The van der Waals surface area contributed by atoms with Crippen LogP contribution in [0.5, 0.6) is 0 Å². The molecule has 0 aliphatic heterocycles. The average Bonchev–Trinajstić information content (AvgIpc) is 3.53. The van der Waals surface area contributed by atoms with E-state index in [1.165, 1.54) is 75.9 Å². The molecule has 7 aromatic carbocycles. The highest BCUT2D eigenvalue weighted by Gasteiger charge is 2.56. The second-order valence-electron chi connectivity index (χ2n) is 16.3. The van der Waals surface area contributed by atoms with Gasteiger partial charge in [-0.25, -0.2) is 0 Å². The summed E-state index contributed by atoms with van der Waals surface area (Å²) in [5.41, 5.74) is 17.0. The topological polar surface area (TPSA) is 3.24 Å². The Hall–Kier alpha value is -5.66. The monoisotopic (exact) mass is 697 g/mol. The third-order valence-electron chi connectivity index (χ3n) is 13.2. The van der Waals surface area contributed by atoms with Crippen LogP contribution in [-0.2, 0) is 5.41 Å². The minimum atomic E-state index is 0.0578. The second kappa shape index (κ2) is 13.3. The first kappa shape index (κ1) is 32.9. The Balaban J connectivity index is 1.15. The highest BCUT2D eigenvalue weighted by atomic mass is 15.1. The van der Waals surface area contributed by atoms with E-state index >= 15 is 0 Å². The number of nitrogens with zero attached hydrogens (tertiary/aromatic N) is 1. The van der Waals surface area contributed by atoms with Crippen molar-refractivity contribution in [1.82, 2.24) is 0 Å². The summed E-state index contributed by atoms with van der Waals surface area (Å²) < 4.78 is 0. The van der Waals surface area contributed by atoms with Crippen molar-refractivity contribution in [2.45, 2.75) is 44.9 Å². The lowest BCUT2D eigenvalue weighted by molar-refractivity contribution is 0.0426. The van der Waals surface area contributed by atoms with E-state index in [4.69, 9.17) is 0 Å². The summed E-state index contributed by atoms with van der Waals surface area (Å²) in [7, 11) is 0. The second-order valence-corrected chi connectivity index (χ2v) is 16.3. The van der Waals surface area contributed by atoms with Crippen molar-refractivity contribution < 1.29 is 0 Å². The maximum atomic E-state index is 2.57. The molecule has 54 heavy (non-hydrogen) atoms. The zero-order chi connectivity index (χ0) is 36.2. The summed E-state index contributed by atoms with van der Waals surface area (Å²) >= 11 is 0. The molecule has 0 saturated heterocycles. The largest absolute Gasteiger partial charge is 0.310 e. The number of benzene rings is 7. The van der Waals surface area contributed by atoms with Crippen LogP contribution in [0.3, 0.4) is 0 Å². The van der Waals surface area contributed by atoms with Crippen LogP contribution in [0, 0.1) is 23.7 Å². The van der Waals surface area contributed by atoms with E-state index in [0.717, 1.165) is 23.2 Å². The maximum Gasteiger partial charge on any atom is 0.0540 e. The van der Waals surface area contributed by atoms with Crippen molar-refractivity contribution in [1.29, 1.82) is 0 Å². The zero-order valence-electron chi connectivity index (χ0n) is 31.3. The average molecular weight is 698 g/mol. The van der Waals surface area contributed by atoms with Crippen molar-refractivity contribution in [3.63, 3.8) is 0 Å². The van der Waals surface area contributed by atoms with Gasteiger partial charge in [-0.05, 0) is 130 Å². The van der Waals surface area contributed by atoms with E-state index in [0.29, 0.717) is 11.8 Å². The Labute approximate surface area is 321 Å². The molecule has 1 nitrogen and oxygen atoms in total. The number of para-hydroxylation sites is 1. The van der Waals surface area contributed by atoms with Crippen LogP contribution in [0.4, 0.5) is 17.1 Å². The molecular weight excluding hydrogens is 651 g/mol. The minimum Gasteiger partial charge on any atom is -0.310 e. The van der Waals surface area contributed by atoms with E-state index in [1.54, 1.807) is 11.1 Å². The van der Waals surface area contributed by atoms with Gasteiger partial charge >= 0.3 is 0 Å². The van der Waals surface area contributed by atoms with Crippen molar-refractivity contribution in [2.24, 2.45) is 23.7 Å². The molecular formula is C53H47N. The molecule has 2 fully saturated rings. The molecule has 0 radical (unpaired) electrons. The summed E-state index contributed by atoms with van der Waals surface area (Å²) in [5.74, 6) is 2.91. The lowest BCUT2D eigenvalue weighted by Gasteiger charge is -2.54. The van der Waals surface area contributed by atoms with E-state index < -0.39 is 0 Å². The fourth-order valence-electron chi connectivity index (χ4n) is 11.2. The molecule has 5 unspecified atom stereocenters. The van der Waals surface area contributed by atoms with Crippen LogP contribution in [-0.4, -0.2) is 0 Å². The molecule has 2 saturated carbocycles. The quantitative estimate of drug-likeness (QED) is 0.167. The minimum absolute atomic E-state index is 0.0578. The number of anilines is 3. The summed E-state index contributed by atoms with van der Waals surface area (Å²) in [6.07, 6.45) is 5.39. The van der Waals surface area contributed by atoms with Gasteiger partial charge < -0.3 is 4.90 Å². The van der Waals surface area contributed by atoms with Crippen LogP contribution in [0.2, 0.25) is 0 Å². The van der Waals surface area contributed by atoms with E-state index in [2.05, 4.69) is 195 Å². The molecule has 0 N–H and O–H groups in total. The predicted octanol–water partition coefficient (Wildman–Crippen LogP) is 14.5. The summed E-state index contributed by atoms with van der Waals surface area (Å²) in [6.45, 7) is 5.08. The Morgan fingerprint density at radius 3 is 1.59 bits per heavy atom. The SMILES string of the molecule is CC1CC2CC(C)C3(c4ccccc4-c4c(-c5ccccc5N(c5ccc(-c6ccccc6)cc5)c5ccc(-c6ccccc6)cc5)cccc43)C(C1)C2. The van der Waals surface area contributed by atoms with Crippen LogP contribution < -0.4 is 4.90 Å². The lowest BCUT2D eigenvalue weighted by atomic mass is 9.49. The molecule has 1 spiro atoms. The van der Waals surface area contributed by atoms with Crippen LogP contribution in [0.15, 0.2) is 176 Å². The molecule has 3 aliphatic carbocycles. The molecule has 1 heteroatoms. The van der Waals surface area contributed by atoms with Gasteiger partial charge in [0, 0.05) is 22.4 Å². The Kier molecular flexibility index (Phi) is 8.13. The molecule has 5 atom stereocenters. The van der Waals surface area contributed by atoms with Gasteiger partial charge in [0.1, 0.15) is 0 Å². The van der Waals surface area contributed by atoms with Gasteiger partial charge in [0.15, 0.2) is 0 Å². The van der Waals surface area contributed by atoms with Crippen LogP contribution in [0.25, 0.3) is 44.5 Å². The molecule has 2 bridgehead atoms. The van der Waals surface area contributed by atoms with Gasteiger partial charge in [0.05, 0.1) is 5.69 Å². The Bertz CT molecular complexity index is 2340. The first-order chi connectivity index (χ1) is 26.6. The Morgan fingerprint density at radius 2 is 0.944 bits per heavy atom. The van der Waals surface area contributed by atoms with Gasteiger partial charge in [-0.1, -0.05) is 159 Å². The predicted molar refractivity (Wildman–Crippen MR) is 227 cm³/mol. The first-order valence-electron chi connectivity index (χ1n) is 20.0. The summed E-state index contributed by atoms with van der Waals surface area (Å²) in [4.78, 5) is 2.46. The third-order valence-corrected chi connectivity index (χ3v) is 13.2. The van der Waals surface area contributed by atoms with E-state index in [-0.39, 0.29) is 5.41 Å². The fraction of sp³-hybridized carbons (Fsp3) is 0.208. The molecule has 0 aromatic heterocycles. The van der Waals surface area contributed by atoms with Crippen molar-refractivity contribution in [2.75, 3.05) is 4.90 Å². The van der Waals surface area contributed by atoms with Gasteiger partial charge in [0.25, 0.3) is 0 Å². The summed E-state index contributed by atoms with van der Waals surface area (Å²) in [5, 5.41) is 0. The molecule has 0 heterocycles. The van der Waals surface area contributed by atoms with Gasteiger partial charge in [-0.2, -0.15) is 0 Å². The normalized spacial score (nSPS) is 22.4. The van der Waals surface area contributed by atoms with E-state index in [1.807, 2.05) is 0 Å². The molecule has 7 aromatic rings. The molecule has 0 amide bonds. The van der Waals surface area contributed by atoms with Crippen molar-refractivity contribution in [3.05, 3.63) is 187 Å². The molecule has 10 rings (SSSR count). The smallest absolute Gasteiger partial charge is 0.0540 e. The number of hydrogen-bond donors (Lipinski definition) is 0. The zero-order valence-corrected chi connectivity index (χ0v) is 31.3. The van der Waals surface area contributed by atoms with Gasteiger partial charge in [0.2, 0.25) is 0 Å². The fourth-order valence-corrected chi connectivity index (χ4v) is 11.2. The third kappa shape index (κ3) is 5.28. The maximum absolute atomic E-state index is 2.57. The van der Waals surface area contributed by atoms with Crippen LogP contribution in [0.1, 0.15) is 50.7 Å². The molecule has 3 aliphatic rings. The first-order valence-corrected chi connectivity index (χ1v) is 20.0. The van der Waals surface area contributed by atoms with Crippen molar-refractivity contribution in [3.8, 4) is 44.5 Å². The van der Waals surface area contributed by atoms with E-state index in [9.17, 15) is 0 Å². The standard InChI is InChI=1S/C53H47N/c1-36-32-38-34-37(2)53(43(33-36)35-38)49-21-11-9-19-48(49)52-47(20-13-22-50(52)53)46-18-10-12-23-51(46)54(44-28-24-41(25-29-44)39-14-5-3-6-15-39)45-30-26-42(27-31-45)40-16-7-4-8-17-40/h3-31,36-38,43H,32-35H2,1-2H3. The number of hydrogen-bond acceptors (Lipinski definition) is 1. The van der Waals surface area contributed by atoms with Crippen LogP contribution >= 0.6 is 0 Å². The highest BCUT2D eigenvalue weighted by molar-refractivity contribution is 5.98. The van der Waals surface area contributed by atoms with Gasteiger partial charge in [-0.15, -0.1) is 0 Å². The highest BCUT2D eigenvalue weighted by Crippen LogP contribution is 2.65. The van der Waals surface area contributed by atoms with Gasteiger partial charge in [-0.3, -0.25) is 0 Å².